The molecular weight excluding hydrogens is 284 g/mol. The highest BCUT2D eigenvalue weighted by molar-refractivity contribution is 6.08. The van der Waals surface area contributed by atoms with Crippen LogP contribution in [0.5, 0.6) is 0 Å². The molecule has 0 fully saturated rings. The molecule has 0 unspecified atom stereocenters. The molecule has 0 saturated carbocycles. The van der Waals surface area contributed by atoms with Crippen molar-refractivity contribution >= 4 is 22.1 Å². The van der Waals surface area contributed by atoms with Crippen LogP contribution in [0.4, 0.5) is 0 Å². The molecule has 0 spiro atoms. The van der Waals surface area contributed by atoms with Crippen LogP contribution in [0.1, 0.15) is 38.5 Å². The molecule has 0 N–H and O–H groups in total. The second-order valence-corrected chi connectivity index (χ2v) is 5.32. The highest BCUT2D eigenvalue weighted by Crippen LogP contribution is 2.35. The van der Waals surface area contributed by atoms with Gasteiger partial charge in [-0.1, -0.05) is 32.7 Å². The number of furan rings is 1. The van der Waals surface area contributed by atoms with Gasteiger partial charge in [0.2, 0.25) is 5.71 Å². The zero-order chi connectivity index (χ0) is 23.5. The number of rotatable bonds is 1. The summed E-state index contributed by atoms with van der Waals surface area (Å²) in [5.74, 6) is 0. The first-order valence-electron chi connectivity index (χ1n) is 11.5. The lowest BCUT2D eigenvalue weighted by atomic mass is 9.87. The fraction of sp³-hybridized carbons (Fsp3) is 0.200. The first-order valence-corrected chi connectivity index (χ1v) is 7.02. The summed E-state index contributed by atoms with van der Waals surface area (Å²) < 4.78 is 77.3. The monoisotopic (exact) mass is 311 g/mol. The van der Waals surface area contributed by atoms with Crippen LogP contribution in [-0.2, 0) is 5.41 Å². The van der Waals surface area contributed by atoms with Crippen molar-refractivity contribution in [2.45, 2.75) is 26.0 Å². The van der Waals surface area contributed by atoms with Crippen molar-refractivity contribution < 1.29 is 16.8 Å². The van der Waals surface area contributed by atoms with Crippen LogP contribution in [0.2, 0.25) is 0 Å². The summed E-state index contributed by atoms with van der Waals surface area (Å²) in [6.45, 7) is -10.0. The molecular formula is C20H18N2O. The molecule has 0 aliphatic heterocycles. The second-order valence-electron chi connectivity index (χ2n) is 5.32. The van der Waals surface area contributed by atoms with Crippen molar-refractivity contribution in [3.05, 3.63) is 60.4 Å². The van der Waals surface area contributed by atoms with Crippen molar-refractivity contribution in [1.82, 2.24) is 9.97 Å². The van der Waals surface area contributed by atoms with Gasteiger partial charge in [0.15, 0.2) is 0 Å². The van der Waals surface area contributed by atoms with Crippen LogP contribution in [0.25, 0.3) is 33.3 Å². The molecule has 0 radical (unpaired) electrons. The molecule has 0 amide bonds. The second kappa shape index (κ2) is 4.92. The zero-order valence-corrected chi connectivity index (χ0v) is 12.0. The molecule has 23 heavy (non-hydrogen) atoms. The summed E-state index contributed by atoms with van der Waals surface area (Å²) in [5, 5.41) is 1.51. The standard InChI is InChI=1S/C20H18N2O/c1-20(2,3)13-9-11-21-17(12-13)16-7-4-6-14-15-8-5-10-22-19(15)23-18(14)16/h4-12H,1-3H3/i1D3,2D3,3D3. The number of hydrogen-bond donors (Lipinski definition) is 0. The number of hydrogen-bond acceptors (Lipinski definition) is 3. The van der Waals surface area contributed by atoms with E-state index in [9.17, 15) is 0 Å². The van der Waals surface area contributed by atoms with Crippen LogP contribution in [-0.4, -0.2) is 9.97 Å². The highest BCUT2D eigenvalue weighted by Gasteiger charge is 2.17. The van der Waals surface area contributed by atoms with Gasteiger partial charge in [-0.15, -0.1) is 0 Å². The maximum absolute atomic E-state index is 7.93. The van der Waals surface area contributed by atoms with Gasteiger partial charge >= 0.3 is 0 Å². The Morgan fingerprint density at radius 2 is 1.83 bits per heavy atom. The van der Waals surface area contributed by atoms with E-state index in [1.54, 1.807) is 24.4 Å². The van der Waals surface area contributed by atoms with E-state index in [1.165, 1.54) is 12.3 Å². The summed E-state index contributed by atoms with van der Waals surface area (Å²) in [7, 11) is 0. The molecule has 4 rings (SSSR count). The molecule has 3 aromatic heterocycles. The Morgan fingerprint density at radius 1 is 0.957 bits per heavy atom. The van der Waals surface area contributed by atoms with E-state index in [1.807, 2.05) is 12.1 Å². The Balaban J connectivity index is 2.02. The maximum atomic E-state index is 7.93. The molecule has 0 bridgehead atoms. The first-order chi connectivity index (χ1) is 14.8. The third-order valence-electron chi connectivity index (χ3n) is 3.74. The van der Waals surface area contributed by atoms with Crippen LogP contribution < -0.4 is 0 Å². The van der Waals surface area contributed by atoms with Crippen LogP contribution >= 0.6 is 0 Å². The summed E-state index contributed by atoms with van der Waals surface area (Å²) in [4.78, 5) is 8.45. The van der Waals surface area contributed by atoms with Gasteiger partial charge in [0, 0.05) is 41.1 Å². The SMILES string of the molecule is [2H]C([2H])([2H])C(c1ccnc(-c2cccc3c2oc2ncccc23)c1)(C([2H])([2H])[2H])C([2H])([2H])[2H]. The number of pyridine rings is 2. The molecule has 3 nitrogen and oxygen atoms in total. The van der Waals surface area contributed by atoms with Crippen LogP contribution in [0.3, 0.4) is 0 Å². The van der Waals surface area contributed by atoms with Gasteiger partial charge in [0.25, 0.3) is 0 Å². The summed E-state index contributed by atoms with van der Waals surface area (Å²) in [6, 6.07) is 11.2. The lowest BCUT2D eigenvalue weighted by Crippen LogP contribution is -2.11. The zero-order valence-electron chi connectivity index (χ0n) is 21.0. The average Bonchev–Trinajstić information content (AvgIpc) is 3.04. The summed E-state index contributed by atoms with van der Waals surface area (Å²) in [5.41, 5.74) is -2.00. The van der Waals surface area contributed by atoms with Gasteiger partial charge in [0.05, 0.1) is 5.69 Å². The molecule has 114 valence electrons. The largest absolute Gasteiger partial charge is 0.437 e. The molecule has 0 atom stereocenters. The Kier molecular flexibility index (Phi) is 1.55. The third kappa shape index (κ3) is 2.29. The van der Waals surface area contributed by atoms with Crippen molar-refractivity contribution in [1.29, 1.82) is 0 Å². The van der Waals surface area contributed by atoms with E-state index >= 15 is 0 Å². The topological polar surface area (TPSA) is 38.9 Å². The number of fused-ring (bicyclic) bond motifs is 3. The molecule has 0 aliphatic carbocycles. The van der Waals surface area contributed by atoms with E-state index in [0.29, 0.717) is 16.9 Å². The summed E-state index contributed by atoms with van der Waals surface area (Å²) >= 11 is 0. The van der Waals surface area contributed by atoms with E-state index in [0.717, 1.165) is 16.8 Å². The number of benzene rings is 1. The lowest BCUT2D eigenvalue weighted by molar-refractivity contribution is 0.589. The van der Waals surface area contributed by atoms with Gasteiger partial charge in [-0.3, -0.25) is 4.98 Å². The number of para-hydroxylation sites is 1. The first kappa shape index (κ1) is 7.26. The number of nitrogens with zero attached hydrogens (tertiary/aromatic N) is 2. The third-order valence-corrected chi connectivity index (χ3v) is 3.74. The molecule has 3 heterocycles. The van der Waals surface area contributed by atoms with Crippen molar-refractivity contribution in [2.24, 2.45) is 0 Å². The van der Waals surface area contributed by atoms with Crippen LogP contribution in [0, 0.1) is 0 Å². The Bertz CT molecular complexity index is 1270. The molecule has 0 saturated heterocycles. The fourth-order valence-electron chi connectivity index (χ4n) is 2.65. The average molecular weight is 311 g/mol. The quantitative estimate of drug-likeness (QED) is 0.476. The fourth-order valence-corrected chi connectivity index (χ4v) is 2.65. The van der Waals surface area contributed by atoms with Crippen molar-refractivity contribution in [3.8, 4) is 11.3 Å². The minimum absolute atomic E-state index is 0.189. The van der Waals surface area contributed by atoms with Crippen molar-refractivity contribution in [3.63, 3.8) is 0 Å². The highest BCUT2D eigenvalue weighted by atomic mass is 16.3. The van der Waals surface area contributed by atoms with Gasteiger partial charge in [-0.25, -0.2) is 4.98 Å². The van der Waals surface area contributed by atoms with Gasteiger partial charge in [0.1, 0.15) is 5.58 Å². The normalized spacial score (nSPS) is 19.6. The Labute approximate surface area is 147 Å². The van der Waals surface area contributed by atoms with E-state index in [2.05, 4.69) is 9.97 Å². The van der Waals surface area contributed by atoms with Crippen LogP contribution in [0.15, 0.2) is 59.3 Å². The smallest absolute Gasteiger partial charge is 0.227 e. The number of aromatic nitrogens is 2. The van der Waals surface area contributed by atoms with Gasteiger partial charge < -0.3 is 4.42 Å². The minimum Gasteiger partial charge on any atom is -0.437 e. The van der Waals surface area contributed by atoms with E-state index in [4.69, 9.17) is 16.8 Å². The predicted octanol–water partition coefficient (Wildman–Crippen LogP) is 5.34. The van der Waals surface area contributed by atoms with Gasteiger partial charge in [-0.05, 0) is 41.3 Å². The Morgan fingerprint density at radius 3 is 2.70 bits per heavy atom. The molecule has 0 aliphatic rings. The minimum atomic E-state index is -3.35. The summed E-state index contributed by atoms with van der Waals surface area (Å²) in [6.07, 6.45) is 2.79. The van der Waals surface area contributed by atoms with Gasteiger partial charge in [-0.2, -0.15) is 0 Å². The molecule has 4 aromatic rings. The maximum Gasteiger partial charge on any atom is 0.227 e. The predicted molar refractivity (Wildman–Crippen MR) is 93.4 cm³/mol. The Hall–Kier alpha value is -2.68. The van der Waals surface area contributed by atoms with E-state index < -0.39 is 26.0 Å². The van der Waals surface area contributed by atoms with Crippen molar-refractivity contribution in [2.75, 3.05) is 0 Å². The molecule has 3 heteroatoms. The van der Waals surface area contributed by atoms with E-state index in [-0.39, 0.29) is 11.3 Å². The lowest BCUT2D eigenvalue weighted by Gasteiger charge is -2.19. The molecule has 1 aromatic carbocycles.